The van der Waals surface area contributed by atoms with Crippen LogP contribution in [0.2, 0.25) is 0 Å². The van der Waals surface area contributed by atoms with Crippen molar-refractivity contribution in [3.05, 3.63) is 72.9 Å². The van der Waals surface area contributed by atoms with E-state index < -0.39 is 0 Å². The highest BCUT2D eigenvalue weighted by Gasteiger charge is 2.17. The number of aromatic amines is 1. The highest BCUT2D eigenvalue weighted by Crippen LogP contribution is 2.23. The third kappa shape index (κ3) is 3.29. The summed E-state index contributed by atoms with van der Waals surface area (Å²) < 4.78 is 5.32. The van der Waals surface area contributed by atoms with Crippen molar-refractivity contribution in [3.8, 4) is 11.5 Å². The zero-order valence-corrected chi connectivity index (χ0v) is 13.5. The molecule has 0 aliphatic heterocycles. The number of nitrogens with one attached hydrogen (secondary N) is 3. The molecule has 4 aromatic rings. The van der Waals surface area contributed by atoms with Crippen molar-refractivity contribution in [1.82, 2.24) is 20.2 Å². The Balaban J connectivity index is 1.46. The van der Waals surface area contributed by atoms with E-state index in [1.165, 1.54) is 6.20 Å². The van der Waals surface area contributed by atoms with Gasteiger partial charge in [0.05, 0.1) is 18.0 Å². The van der Waals surface area contributed by atoms with Gasteiger partial charge in [-0.25, -0.2) is 9.97 Å². The molecule has 0 saturated heterocycles. The number of furan rings is 1. The quantitative estimate of drug-likeness (QED) is 0.511. The molecule has 0 aliphatic rings. The molecule has 0 fully saturated rings. The zero-order valence-electron chi connectivity index (χ0n) is 13.5. The van der Waals surface area contributed by atoms with E-state index in [1.54, 1.807) is 49.0 Å². The van der Waals surface area contributed by atoms with Gasteiger partial charge in [-0.2, -0.15) is 5.10 Å². The Hall–Kier alpha value is -3.94. The molecule has 1 aromatic carbocycles. The van der Waals surface area contributed by atoms with Gasteiger partial charge in [-0.3, -0.25) is 9.89 Å². The van der Waals surface area contributed by atoms with Crippen molar-refractivity contribution in [2.75, 3.05) is 10.6 Å². The topological polar surface area (TPSA) is 109 Å². The fourth-order valence-electron chi connectivity index (χ4n) is 2.40. The van der Waals surface area contributed by atoms with Gasteiger partial charge in [0.2, 0.25) is 5.95 Å². The van der Waals surface area contributed by atoms with Crippen molar-refractivity contribution >= 4 is 23.2 Å². The second kappa shape index (κ2) is 6.89. The van der Waals surface area contributed by atoms with E-state index in [0.29, 0.717) is 28.7 Å². The number of H-pyrrole nitrogens is 1. The lowest BCUT2D eigenvalue weighted by Gasteiger charge is -2.07. The summed E-state index contributed by atoms with van der Waals surface area (Å²) in [5.41, 5.74) is 2.40. The van der Waals surface area contributed by atoms with Crippen molar-refractivity contribution in [1.29, 1.82) is 0 Å². The number of amides is 1. The van der Waals surface area contributed by atoms with Crippen LogP contribution in [0.3, 0.4) is 0 Å². The first-order valence-corrected chi connectivity index (χ1v) is 7.82. The van der Waals surface area contributed by atoms with E-state index >= 15 is 0 Å². The maximum Gasteiger partial charge on any atom is 0.259 e. The normalized spacial score (nSPS) is 10.5. The minimum Gasteiger partial charge on any atom is -0.463 e. The molecule has 0 radical (unpaired) electrons. The second-order valence-corrected chi connectivity index (χ2v) is 5.36. The lowest BCUT2D eigenvalue weighted by molar-refractivity contribution is 0.102. The molecule has 3 N–H and O–H groups in total. The first-order chi connectivity index (χ1) is 12.8. The molecule has 0 spiro atoms. The van der Waals surface area contributed by atoms with Crippen LogP contribution in [0.5, 0.6) is 0 Å². The van der Waals surface area contributed by atoms with Gasteiger partial charge in [0.15, 0.2) is 5.76 Å². The van der Waals surface area contributed by atoms with Gasteiger partial charge in [0.1, 0.15) is 5.69 Å². The molecular formula is C18H14N6O2. The van der Waals surface area contributed by atoms with E-state index in [2.05, 4.69) is 30.8 Å². The Morgan fingerprint density at radius 2 is 1.77 bits per heavy atom. The van der Waals surface area contributed by atoms with Crippen molar-refractivity contribution in [2.24, 2.45) is 0 Å². The van der Waals surface area contributed by atoms with Crippen LogP contribution in [0.4, 0.5) is 17.3 Å². The van der Waals surface area contributed by atoms with E-state index in [1.807, 2.05) is 12.1 Å². The average molecular weight is 346 g/mol. The first kappa shape index (κ1) is 15.6. The van der Waals surface area contributed by atoms with Gasteiger partial charge in [0, 0.05) is 23.8 Å². The molecular weight excluding hydrogens is 332 g/mol. The zero-order chi connectivity index (χ0) is 17.8. The smallest absolute Gasteiger partial charge is 0.259 e. The predicted octanol–water partition coefficient (Wildman–Crippen LogP) is 3.46. The lowest BCUT2D eigenvalue weighted by atomic mass is 10.2. The Kier molecular flexibility index (Phi) is 4.13. The van der Waals surface area contributed by atoms with E-state index in [4.69, 9.17) is 4.42 Å². The van der Waals surface area contributed by atoms with Crippen LogP contribution in [0.25, 0.3) is 11.5 Å². The second-order valence-electron chi connectivity index (χ2n) is 5.36. The number of benzene rings is 1. The Bertz CT molecular complexity index is 994. The number of aromatic nitrogens is 4. The van der Waals surface area contributed by atoms with Crippen LogP contribution in [-0.4, -0.2) is 26.1 Å². The van der Waals surface area contributed by atoms with Crippen LogP contribution in [0, 0.1) is 0 Å². The summed E-state index contributed by atoms with van der Waals surface area (Å²) in [5.74, 6) is 0.776. The Labute approximate surface area is 148 Å². The maximum absolute atomic E-state index is 12.5. The molecule has 128 valence electrons. The fraction of sp³-hybridized carbons (Fsp3) is 0. The van der Waals surface area contributed by atoms with E-state index in [0.717, 1.165) is 5.69 Å². The third-order valence-electron chi connectivity index (χ3n) is 3.62. The van der Waals surface area contributed by atoms with Crippen LogP contribution >= 0.6 is 0 Å². The van der Waals surface area contributed by atoms with Crippen molar-refractivity contribution in [2.45, 2.75) is 0 Å². The van der Waals surface area contributed by atoms with Crippen LogP contribution in [0.15, 0.2) is 71.7 Å². The molecule has 0 bridgehead atoms. The number of hydrogen-bond donors (Lipinski definition) is 3. The number of carbonyl (C=O) groups is 1. The van der Waals surface area contributed by atoms with Gasteiger partial charge in [-0.05, 0) is 42.5 Å². The number of hydrogen-bond acceptors (Lipinski definition) is 6. The summed E-state index contributed by atoms with van der Waals surface area (Å²) in [5, 5.41) is 12.6. The highest BCUT2D eigenvalue weighted by molar-refractivity contribution is 6.07. The molecule has 26 heavy (non-hydrogen) atoms. The number of rotatable bonds is 5. The van der Waals surface area contributed by atoms with Crippen molar-refractivity contribution in [3.63, 3.8) is 0 Å². The molecule has 4 rings (SSSR count). The van der Waals surface area contributed by atoms with E-state index in [-0.39, 0.29) is 5.91 Å². The monoisotopic (exact) mass is 346 g/mol. The maximum atomic E-state index is 12.5. The average Bonchev–Trinajstić information content (AvgIpc) is 3.35. The van der Waals surface area contributed by atoms with Crippen molar-refractivity contribution < 1.29 is 9.21 Å². The summed E-state index contributed by atoms with van der Waals surface area (Å²) in [6.45, 7) is 0. The van der Waals surface area contributed by atoms with E-state index in [9.17, 15) is 4.79 Å². The largest absolute Gasteiger partial charge is 0.463 e. The minimum absolute atomic E-state index is 0.280. The summed E-state index contributed by atoms with van der Waals surface area (Å²) >= 11 is 0. The molecule has 8 nitrogen and oxygen atoms in total. The van der Waals surface area contributed by atoms with Gasteiger partial charge in [-0.1, -0.05) is 0 Å². The minimum atomic E-state index is -0.280. The number of nitrogens with zero attached hydrogens (tertiary/aromatic N) is 3. The number of anilines is 3. The van der Waals surface area contributed by atoms with Gasteiger partial charge in [-0.15, -0.1) is 0 Å². The summed E-state index contributed by atoms with van der Waals surface area (Å²) in [6, 6.07) is 12.5. The molecule has 3 heterocycles. The van der Waals surface area contributed by atoms with Crippen LogP contribution in [-0.2, 0) is 0 Å². The standard InChI is InChI=1S/C18H14N6O2/c25-17(14-11-21-24-16(14)15-3-1-10-26-15)22-12-4-6-13(7-5-12)23-18-19-8-2-9-20-18/h1-11H,(H,21,24)(H,22,25)(H,19,20,23). The molecule has 0 atom stereocenters. The molecule has 0 aliphatic carbocycles. The first-order valence-electron chi connectivity index (χ1n) is 7.82. The van der Waals surface area contributed by atoms with Crippen LogP contribution in [0.1, 0.15) is 10.4 Å². The molecule has 0 saturated carbocycles. The van der Waals surface area contributed by atoms with Gasteiger partial charge >= 0.3 is 0 Å². The lowest BCUT2D eigenvalue weighted by Crippen LogP contribution is -2.12. The molecule has 8 heteroatoms. The fourth-order valence-corrected chi connectivity index (χ4v) is 2.40. The summed E-state index contributed by atoms with van der Waals surface area (Å²) in [4.78, 5) is 20.7. The predicted molar refractivity (Wildman–Crippen MR) is 96.0 cm³/mol. The molecule has 3 aromatic heterocycles. The molecule has 1 amide bonds. The van der Waals surface area contributed by atoms with Gasteiger partial charge in [0.25, 0.3) is 5.91 Å². The Morgan fingerprint density at radius 1 is 1.00 bits per heavy atom. The van der Waals surface area contributed by atoms with Crippen LogP contribution < -0.4 is 10.6 Å². The highest BCUT2D eigenvalue weighted by atomic mass is 16.3. The summed E-state index contributed by atoms with van der Waals surface area (Å²) in [6.07, 6.45) is 6.33. The SMILES string of the molecule is O=C(Nc1ccc(Nc2ncccn2)cc1)c1cn[nH]c1-c1ccco1. The molecule has 0 unspecified atom stereocenters. The number of carbonyl (C=O) groups excluding carboxylic acids is 1. The van der Waals surface area contributed by atoms with Gasteiger partial charge < -0.3 is 15.1 Å². The Morgan fingerprint density at radius 3 is 2.50 bits per heavy atom. The third-order valence-corrected chi connectivity index (χ3v) is 3.62. The summed E-state index contributed by atoms with van der Waals surface area (Å²) in [7, 11) is 0.